The maximum absolute atomic E-state index is 11.4. The second-order valence-corrected chi connectivity index (χ2v) is 5.81. The number of aryl methyl sites for hydroxylation is 1. The lowest BCUT2D eigenvalue weighted by Gasteiger charge is -2.10. The molecule has 0 aromatic heterocycles. The minimum Gasteiger partial charge on any atom is -0.282 e. The fourth-order valence-corrected chi connectivity index (χ4v) is 2.43. The monoisotopic (exact) mass is 302 g/mol. The zero-order valence-electron chi connectivity index (χ0n) is 8.70. The van der Waals surface area contributed by atoms with Gasteiger partial charge < -0.3 is 0 Å². The lowest BCUT2D eigenvalue weighted by atomic mass is 10.1. The molecular formula is C10H11BrN2O2S. The van der Waals surface area contributed by atoms with Gasteiger partial charge in [0.05, 0.1) is 11.8 Å². The molecule has 16 heavy (non-hydrogen) atoms. The molecule has 0 amide bonds. The highest BCUT2D eigenvalue weighted by atomic mass is 79.9. The Hall–Kier alpha value is -1.06. The number of rotatable bonds is 4. The van der Waals surface area contributed by atoms with E-state index in [-0.39, 0.29) is 0 Å². The van der Waals surface area contributed by atoms with Crippen molar-refractivity contribution in [1.82, 2.24) is 0 Å². The van der Waals surface area contributed by atoms with Gasteiger partial charge in [0.2, 0.25) is 10.0 Å². The summed E-state index contributed by atoms with van der Waals surface area (Å²) in [6.45, 7) is 1.93. The predicted octanol–water partition coefficient (Wildman–Crippen LogP) is 2.28. The average Bonchev–Trinajstić information content (AvgIpc) is 2.20. The van der Waals surface area contributed by atoms with Crippen LogP contribution in [0.5, 0.6) is 0 Å². The smallest absolute Gasteiger partial charge is 0.246 e. The topological polar surface area (TPSA) is 70.0 Å². The zero-order valence-corrected chi connectivity index (χ0v) is 11.1. The Morgan fingerprint density at radius 3 is 2.75 bits per heavy atom. The van der Waals surface area contributed by atoms with Crippen LogP contribution in [0.2, 0.25) is 0 Å². The van der Waals surface area contributed by atoms with Crippen LogP contribution in [0.15, 0.2) is 22.7 Å². The Labute approximate surface area is 103 Å². The van der Waals surface area contributed by atoms with E-state index in [9.17, 15) is 8.42 Å². The van der Waals surface area contributed by atoms with Gasteiger partial charge in [0.1, 0.15) is 0 Å². The first kappa shape index (κ1) is 13.0. The van der Waals surface area contributed by atoms with Gasteiger partial charge in [-0.25, -0.2) is 8.42 Å². The number of nitriles is 1. The van der Waals surface area contributed by atoms with Gasteiger partial charge in [-0.1, -0.05) is 22.9 Å². The van der Waals surface area contributed by atoms with E-state index in [0.717, 1.165) is 10.0 Å². The number of hydrogen-bond acceptors (Lipinski definition) is 3. The summed E-state index contributed by atoms with van der Waals surface area (Å²) in [5.41, 5.74) is 1.41. The predicted molar refractivity (Wildman–Crippen MR) is 66.5 cm³/mol. The number of nitrogens with zero attached hydrogens (tertiary/aromatic N) is 1. The molecule has 0 heterocycles. The third-order valence-electron chi connectivity index (χ3n) is 1.97. The van der Waals surface area contributed by atoms with Crippen molar-refractivity contribution in [3.05, 3.63) is 28.2 Å². The van der Waals surface area contributed by atoms with Crippen LogP contribution in [0.25, 0.3) is 0 Å². The van der Waals surface area contributed by atoms with Crippen molar-refractivity contribution in [2.45, 2.75) is 13.3 Å². The van der Waals surface area contributed by atoms with Crippen LogP contribution in [0, 0.1) is 11.3 Å². The Bertz CT molecular complexity index is 520. The first-order chi connectivity index (χ1) is 7.48. The van der Waals surface area contributed by atoms with Crippen molar-refractivity contribution in [3.63, 3.8) is 0 Å². The van der Waals surface area contributed by atoms with Gasteiger partial charge in [0, 0.05) is 4.47 Å². The Morgan fingerprint density at radius 2 is 2.19 bits per heavy atom. The van der Waals surface area contributed by atoms with Gasteiger partial charge in [0.25, 0.3) is 0 Å². The molecule has 0 aliphatic heterocycles. The fourth-order valence-electron chi connectivity index (χ4n) is 1.24. The van der Waals surface area contributed by atoms with E-state index in [2.05, 4.69) is 20.7 Å². The van der Waals surface area contributed by atoms with E-state index >= 15 is 0 Å². The van der Waals surface area contributed by atoms with Gasteiger partial charge in [-0.3, -0.25) is 4.72 Å². The van der Waals surface area contributed by atoms with Crippen LogP contribution in [0.4, 0.5) is 5.69 Å². The quantitative estimate of drug-likeness (QED) is 0.927. The molecule has 0 fully saturated rings. The number of sulfonamides is 1. The Balaban J connectivity index is 3.03. The van der Waals surface area contributed by atoms with E-state index in [1.807, 2.05) is 13.0 Å². The molecule has 0 aliphatic carbocycles. The van der Waals surface area contributed by atoms with E-state index in [1.165, 1.54) is 0 Å². The first-order valence-electron chi connectivity index (χ1n) is 4.64. The van der Waals surface area contributed by atoms with E-state index in [1.54, 1.807) is 18.2 Å². The number of anilines is 1. The molecule has 0 aliphatic rings. The lowest BCUT2D eigenvalue weighted by Crippen LogP contribution is -2.16. The van der Waals surface area contributed by atoms with Crippen molar-refractivity contribution in [2.24, 2.45) is 0 Å². The first-order valence-corrected chi connectivity index (χ1v) is 7.09. The summed E-state index contributed by atoms with van der Waals surface area (Å²) < 4.78 is 26.1. The summed E-state index contributed by atoms with van der Waals surface area (Å²) in [4.78, 5) is 0. The van der Waals surface area contributed by atoms with E-state index in [4.69, 9.17) is 5.26 Å². The second-order valence-electron chi connectivity index (χ2n) is 3.17. The molecule has 6 heteroatoms. The van der Waals surface area contributed by atoms with Gasteiger partial charge in [-0.2, -0.15) is 5.26 Å². The second kappa shape index (κ2) is 5.32. The number of nitrogens with one attached hydrogen (secondary N) is 1. The van der Waals surface area contributed by atoms with Crippen LogP contribution in [-0.4, -0.2) is 14.2 Å². The van der Waals surface area contributed by atoms with Crippen LogP contribution < -0.4 is 4.72 Å². The minimum atomic E-state index is -3.56. The number of benzene rings is 1. The molecule has 0 saturated heterocycles. The maximum Gasteiger partial charge on any atom is 0.246 e. The molecule has 4 nitrogen and oxygen atoms in total. The number of halogens is 1. The highest BCUT2D eigenvalue weighted by Gasteiger charge is 2.11. The molecule has 0 saturated carbocycles. The third-order valence-corrected chi connectivity index (χ3v) is 3.50. The SMILES string of the molecule is CCc1cc(Br)ccc1NS(=O)(=O)CC#N. The van der Waals surface area contributed by atoms with Crippen LogP contribution in [0.3, 0.4) is 0 Å². The Morgan fingerprint density at radius 1 is 1.50 bits per heavy atom. The summed E-state index contributed by atoms with van der Waals surface area (Å²) in [5.74, 6) is -0.535. The summed E-state index contributed by atoms with van der Waals surface area (Å²) in [5, 5.41) is 8.37. The van der Waals surface area contributed by atoms with Gasteiger partial charge in [-0.05, 0) is 30.2 Å². The maximum atomic E-state index is 11.4. The molecule has 1 aromatic carbocycles. The van der Waals surface area contributed by atoms with Crippen molar-refractivity contribution in [3.8, 4) is 6.07 Å². The lowest BCUT2D eigenvalue weighted by molar-refractivity contribution is 0.604. The molecule has 0 atom stereocenters. The number of hydrogen-bond donors (Lipinski definition) is 1. The van der Waals surface area contributed by atoms with Gasteiger partial charge in [0.15, 0.2) is 5.75 Å². The van der Waals surface area contributed by atoms with Crippen molar-refractivity contribution >= 4 is 31.6 Å². The van der Waals surface area contributed by atoms with Crippen molar-refractivity contribution in [1.29, 1.82) is 5.26 Å². The molecule has 0 unspecified atom stereocenters. The average molecular weight is 303 g/mol. The molecule has 1 rings (SSSR count). The van der Waals surface area contributed by atoms with E-state index < -0.39 is 15.8 Å². The highest BCUT2D eigenvalue weighted by molar-refractivity contribution is 9.10. The molecule has 1 aromatic rings. The van der Waals surface area contributed by atoms with Crippen molar-refractivity contribution in [2.75, 3.05) is 10.5 Å². The minimum absolute atomic E-state index is 0.529. The van der Waals surface area contributed by atoms with Gasteiger partial charge >= 0.3 is 0 Å². The normalized spacial score (nSPS) is 10.8. The van der Waals surface area contributed by atoms with Crippen LogP contribution in [0.1, 0.15) is 12.5 Å². The molecule has 86 valence electrons. The van der Waals surface area contributed by atoms with Crippen LogP contribution >= 0.6 is 15.9 Å². The molecular weight excluding hydrogens is 292 g/mol. The van der Waals surface area contributed by atoms with Gasteiger partial charge in [-0.15, -0.1) is 0 Å². The molecule has 0 spiro atoms. The highest BCUT2D eigenvalue weighted by Crippen LogP contribution is 2.22. The van der Waals surface area contributed by atoms with Crippen LogP contribution in [-0.2, 0) is 16.4 Å². The molecule has 0 radical (unpaired) electrons. The Kier molecular flexibility index (Phi) is 4.33. The fraction of sp³-hybridized carbons (Fsp3) is 0.300. The van der Waals surface area contributed by atoms with Crippen molar-refractivity contribution < 1.29 is 8.42 Å². The molecule has 1 N–H and O–H groups in total. The summed E-state index contributed by atoms with van der Waals surface area (Å²) in [6.07, 6.45) is 0.712. The standard InChI is InChI=1S/C10H11BrN2O2S/c1-2-8-7-9(11)3-4-10(8)13-16(14,15)6-5-12/h3-4,7,13H,2,6H2,1H3. The summed E-state index contributed by atoms with van der Waals surface area (Å²) in [6, 6.07) is 6.90. The zero-order chi connectivity index (χ0) is 12.2. The summed E-state index contributed by atoms with van der Waals surface area (Å²) in [7, 11) is -3.56. The molecule has 0 bridgehead atoms. The van der Waals surface area contributed by atoms with E-state index in [0.29, 0.717) is 12.1 Å². The largest absolute Gasteiger partial charge is 0.282 e. The summed E-state index contributed by atoms with van der Waals surface area (Å²) >= 11 is 3.32. The third kappa shape index (κ3) is 3.51.